The molecule has 6 heteroatoms. The van der Waals surface area contributed by atoms with E-state index >= 15 is 0 Å². The quantitative estimate of drug-likeness (QED) is 0.589. The zero-order valence-corrected chi connectivity index (χ0v) is 16.3. The van der Waals surface area contributed by atoms with E-state index in [-0.39, 0.29) is 30.7 Å². The zero-order valence-electron chi connectivity index (χ0n) is 14.7. The van der Waals surface area contributed by atoms with Gasteiger partial charge >= 0.3 is 0 Å². The van der Waals surface area contributed by atoms with Gasteiger partial charge in [-0.05, 0) is 55.8 Å². The molecule has 1 fully saturated rings. The van der Waals surface area contributed by atoms with Gasteiger partial charge in [-0.25, -0.2) is 0 Å². The number of nitrogen functional groups attached to an aromatic ring is 1. The molecule has 1 amide bonds. The van der Waals surface area contributed by atoms with Crippen LogP contribution in [0, 0.1) is 11.8 Å². The van der Waals surface area contributed by atoms with Gasteiger partial charge in [0.05, 0.1) is 0 Å². The van der Waals surface area contributed by atoms with Crippen LogP contribution in [0.4, 0.5) is 5.69 Å². The molecule has 0 spiro atoms. The summed E-state index contributed by atoms with van der Waals surface area (Å²) in [5.74, 6) is 1.59. The summed E-state index contributed by atoms with van der Waals surface area (Å²) in [5, 5.41) is 2.97. The Labute approximate surface area is 158 Å². The monoisotopic (exact) mass is 375 g/mol. The molecule has 0 aromatic heterocycles. The van der Waals surface area contributed by atoms with Crippen LogP contribution >= 0.6 is 24.8 Å². The molecule has 1 aliphatic rings. The summed E-state index contributed by atoms with van der Waals surface area (Å²) in [5.41, 5.74) is 6.96. The van der Waals surface area contributed by atoms with Crippen molar-refractivity contribution in [1.82, 2.24) is 10.2 Å². The van der Waals surface area contributed by atoms with Crippen molar-refractivity contribution in [2.45, 2.75) is 33.1 Å². The van der Waals surface area contributed by atoms with E-state index in [1.54, 1.807) is 18.2 Å². The maximum atomic E-state index is 12.0. The van der Waals surface area contributed by atoms with E-state index in [0.29, 0.717) is 11.3 Å². The number of piperidine rings is 1. The lowest BCUT2D eigenvalue weighted by Gasteiger charge is -2.34. The number of carbonyl (C=O) groups is 1. The van der Waals surface area contributed by atoms with Crippen molar-refractivity contribution < 1.29 is 4.79 Å². The van der Waals surface area contributed by atoms with Gasteiger partial charge in [0, 0.05) is 30.9 Å². The summed E-state index contributed by atoms with van der Waals surface area (Å²) in [4.78, 5) is 14.5. The first-order chi connectivity index (χ1) is 10.5. The predicted molar refractivity (Wildman–Crippen MR) is 106 cm³/mol. The van der Waals surface area contributed by atoms with Gasteiger partial charge in [-0.3, -0.25) is 4.79 Å². The SMILES string of the molecule is CC1CC(C)CN(CCCCNC(=O)c2cccc(N)c2)C1.Cl.Cl. The second-order valence-electron chi connectivity index (χ2n) is 6.79. The van der Waals surface area contributed by atoms with Gasteiger partial charge in [0.15, 0.2) is 0 Å². The first-order valence-corrected chi connectivity index (χ1v) is 8.40. The summed E-state index contributed by atoms with van der Waals surface area (Å²) in [6.07, 6.45) is 3.51. The van der Waals surface area contributed by atoms with Crippen molar-refractivity contribution in [3.8, 4) is 0 Å². The van der Waals surface area contributed by atoms with Gasteiger partial charge in [-0.1, -0.05) is 19.9 Å². The maximum Gasteiger partial charge on any atom is 0.251 e. The number of rotatable bonds is 6. The number of anilines is 1. The number of hydrogen-bond donors (Lipinski definition) is 2. The topological polar surface area (TPSA) is 58.4 Å². The van der Waals surface area contributed by atoms with Crippen LogP contribution < -0.4 is 11.1 Å². The van der Waals surface area contributed by atoms with Crippen molar-refractivity contribution in [2.24, 2.45) is 11.8 Å². The number of likely N-dealkylation sites (tertiary alicyclic amines) is 1. The molecule has 1 aromatic rings. The van der Waals surface area contributed by atoms with Crippen molar-refractivity contribution in [1.29, 1.82) is 0 Å². The highest BCUT2D eigenvalue weighted by molar-refractivity contribution is 5.94. The Bertz CT molecular complexity index is 489. The zero-order chi connectivity index (χ0) is 15.9. The minimum absolute atomic E-state index is 0. The number of nitrogens with one attached hydrogen (secondary N) is 1. The van der Waals surface area contributed by atoms with Crippen LogP contribution in [0.2, 0.25) is 0 Å². The summed E-state index contributed by atoms with van der Waals surface area (Å²) in [7, 11) is 0. The summed E-state index contributed by atoms with van der Waals surface area (Å²) >= 11 is 0. The number of benzene rings is 1. The number of nitrogens with zero attached hydrogens (tertiary/aromatic N) is 1. The molecule has 2 unspecified atom stereocenters. The second-order valence-corrected chi connectivity index (χ2v) is 6.79. The van der Waals surface area contributed by atoms with E-state index in [2.05, 4.69) is 24.1 Å². The minimum Gasteiger partial charge on any atom is -0.399 e. The molecule has 24 heavy (non-hydrogen) atoms. The third kappa shape index (κ3) is 7.73. The van der Waals surface area contributed by atoms with Crippen molar-refractivity contribution >= 4 is 36.4 Å². The standard InChI is InChI=1S/C18H29N3O.2ClH/c1-14-10-15(2)13-21(12-14)9-4-3-8-20-18(22)16-6-5-7-17(19)11-16;;/h5-7,11,14-15H,3-4,8-10,12-13,19H2,1-2H3,(H,20,22);2*1H. The van der Waals surface area contributed by atoms with Gasteiger partial charge in [-0.15, -0.1) is 24.8 Å². The molecule has 0 bridgehead atoms. The Balaban J connectivity index is 0.00000264. The Morgan fingerprint density at radius 1 is 1.21 bits per heavy atom. The largest absolute Gasteiger partial charge is 0.399 e. The first kappa shape index (κ1) is 23.0. The summed E-state index contributed by atoms with van der Waals surface area (Å²) < 4.78 is 0. The molecular formula is C18H31Cl2N3O. The molecule has 1 saturated heterocycles. The molecule has 2 rings (SSSR count). The number of halogens is 2. The van der Waals surface area contributed by atoms with Crippen LogP contribution in [0.15, 0.2) is 24.3 Å². The molecule has 2 atom stereocenters. The average Bonchev–Trinajstić information content (AvgIpc) is 2.45. The van der Waals surface area contributed by atoms with E-state index in [4.69, 9.17) is 5.73 Å². The summed E-state index contributed by atoms with van der Waals surface area (Å²) in [6, 6.07) is 7.11. The number of carbonyl (C=O) groups excluding carboxylic acids is 1. The molecule has 1 aromatic carbocycles. The van der Waals surface area contributed by atoms with Crippen LogP contribution in [0.1, 0.15) is 43.5 Å². The highest BCUT2D eigenvalue weighted by atomic mass is 35.5. The Hall–Kier alpha value is -0.970. The van der Waals surface area contributed by atoms with Crippen LogP contribution in [-0.4, -0.2) is 37.0 Å². The maximum absolute atomic E-state index is 12.0. The second kappa shape index (κ2) is 11.6. The molecule has 0 aliphatic carbocycles. The molecular weight excluding hydrogens is 345 g/mol. The molecule has 3 N–H and O–H groups in total. The Morgan fingerprint density at radius 3 is 2.50 bits per heavy atom. The number of nitrogens with two attached hydrogens (primary N) is 1. The van der Waals surface area contributed by atoms with Crippen LogP contribution in [0.5, 0.6) is 0 Å². The predicted octanol–water partition coefficient (Wildman–Crippen LogP) is 3.60. The van der Waals surface area contributed by atoms with E-state index in [9.17, 15) is 4.79 Å². The van der Waals surface area contributed by atoms with Crippen LogP contribution in [-0.2, 0) is 0 Å². The normalized spacial score (nSPS) is 20.6. The first-order valence-electron chi connectivity index (χ1n) is 8.40. The van der Waals surface area contributed by atoms with Gasteiger partial charge in [0.1, 0.15) is 0 Å². The third-order valence-corrected chi connectivity index (χ3v) is 4.28. The smallest absolute Gasteiger partial charge is 0.251 e. The fourth-order valence-electron chi connectivity index (χ4n) is 3.42. The summed E-state index contributed by atoms with van der Waals surface area (Å²) in [6.45, 7) is 9.00. The lowest BCUT2D eigenvalue weighted by molar-refractivity contribution is 0.0951. The fourth-order valence-corrected chi connectivity index (χ4v) is 3.42. The molecule has 1 heterocycles. The lowest BCUT2D eigenvalue weighted by Crippen LogP contribution is -2.39. The number of amides is 1. The van der Waals surface area contributed by atoms with Crippen molar-refractivity contribution in [2.75, 3.05) is 31.9 Å². The van der Waals surface area contributed by atoms with E-state index < -0.39 is 0 Å². The molecule has 4 nitrogen and oxygen atoms in total. The van der Waals surface area contributed by atoms with E-state index in [1.165, 1.54) is 19.5 Å². The van der Waals surface area contributed by atoms with Crippen LogP contribution in [0.3, 0.4) is 0 Å². The highest BCUT2D eigenvalue weighted by Gasteiger charge is 2.20. The lowest BCUT2D eigenvalue weighted by atomic mass is 9.92. The Kier molecular flexibility index (Phi) is 11.1. The molecule has 1 aliphatic heterocycles. The third-order valence-electron chi connectivity index (χ3n) is 4.28. The van der Waals surface area contributed by atoms with Crippen LogP contribution in [0.25, 0.3) is 0 Å². The molecule has 0 saturated carbocycles. The molecule has 138 valence electrons. The number of hydrogen-bond acceptors (Lipinski definition) is 3. The van der Waals surface area contributed by atoms with Gasteiger partial charge in [0.25, 0.3) is 5.91 Å². The van der Waals surface area contributed by atoms with Gasteiger partial charge in [0.2, 0.25) is 0 Å². The van der Waals surface area contributed by atoms with Gasteiger partial charge in [-0.2, -0.15) is 0 Å². The number of unbranched alkanes of at least 4 members (excludes halogenated alkanes) is 1. The minimum atomic E-state index is -0.0347. The van der Waals surface area contributed by atoms with Gasteiger partial charge < -0.3 is 16.0 Å². The van der Waals surface area contributed by atoms with Crippen molar-refractivity contribution in [3.05, 3.63) is 29.8 Å². The van der Waals surface area contributed by atoms with E-state index in [1.807, 2.05) is 6.07 Å². The Morgan fingerprint density at radius 2 is 1.88 bits per heavy atom. The van der Waals surface area contributed by atoms with Crippen molar-refractivity contribution in [3.63, 3.8) is 0 Å². The highest BCUT2D eigenvalue weighted by Crippen LogP contribution is 2.20. The van der Waals surface area contributed by atoms with E-state index in [0.717, 1.165) is 37.8 Å². The average molecular weight is 376 g/mol. The molecule has 0 radical (unpaired) electrons. The fraction of sp³-hybridized carbons (Fsp3) is 0.611.